The van der Waals surface area contributed by atoms with Crippen LogP contribution in [0.4, 0.5) is 0 Å². The van der Waals surface area contributed by atoms with E-state index < -0.39 is 0 Å². The van der Waals surface area contributed by atoms with Crippen LogP contribution in [0.5, 0.6) is 11.5 Å². The van der Waals surface area contributed by atoms with Crippen molar-refractivity contribution in [2.45, 2.75) is 20.3 Å². The molecule has 1 heterocycles. The summed E-state index contributed by atoms with van der Waals surface area (Å²) in [6, 6.07) is 1.67. The van der Waals surface area contributed by atoms with Crippen LogP contribution in [0.3, 0.4) is 0 Å². The Bertz CT molecular complexity index is 352. The third-order valence-electron chi connectivity index (χ3n) is 1.91. The lowest BCUT2D eigenvalue weighted by molar-refractivity contribution is -0.139. The standard InChI is InChI=1S/C10H13NO4.C2H6/c1-13-8-4-5-11-7(10(8)15-3)6-9(12)14-2;1-2/h4-5H,6H2,1-3H3;1-2H3. The monoisotopic (exact) mass is 241 g/mol. The Labute approximate surface area is 102 Å². The molecule has 0 saturated carbocycles. The Hall–Kier alpha value is -1.78. The van der Waals surface area contributed by atoms with Gasteiger partial charge in [-0.3, -0.25) is 9.78 Å². The largest absolute Gasteiger partial charge is 0.493 e. The van der Waals surface area contributed by atoms with E-state index in [2.05, 4.69) is 9.72 Å². The summed E-state index contributed by atoms with van der Waals surface area (Å²) in [5.41, 5.74) is 0.503. The Morgan fingerprint density at radius 3 is 2.35 bits per heavy atom. The Morgan fingerprint density at radius 2 is 1.88 bits per heavy atom. The average molecular weight is 241 g/mol. The van der Waals surface area contributed by atoms with E-state index in [1.165, 1.54) is 21.3 Å². The summed E-state index contributed by atoms with van der Waals surface area (Å²) < 4.78 is 14.7. The predicted molar refractivity (Wildman–Crippen MR) is 64.4 cm³/mol. The van der Waals surface area contributed by atoms with Crippen LogP contribution in [0.2, 0.25) is 0 Å². The second-order valence-corrected chi connectivity index (χ2v) is 2.75. The number of ether oxygens (including phenoxy) is 3. The summed E-state index contributed by atoms with van der Waals surface area (Å²) in [7, 11) is 4.36. The highest BCUT2D eigenvalue weighted by Gasteiger charge is 2.14. The van der Waals surface area contributed by atoms with Crippen molar-refractivity contribution in [2.24, 2.45) is 0 Å². The fraction of sp³-hybridized carbons (Fsp3) is 0.500. The van der Waals surface area contributed by atoms with Crippen molar-refractivity contribution < 1.29 is 19.0 Å². The molecule has 5 nitrogen and oxygen atoms in total. The van der Waals surface area contributed by atoms with Gasteiger partial charge in [0.2, 0.25) is 0 Å². The first-order valence-electron chi connectivity index (χ1n) is 5.35. The number of pyridine rings is 1. The van der Waals surface area contributed by atoms with E-state index >= 15 is 0 Å². The molecule has 0 aliphatic heterocycles. The van der Waals surface area contributed by atoms with Crippen molar-refractivity contribution >= 4 is 5.97 Å². The summed E-state index contributed by atoms with van der Waals surface area (Å²) in [5, 5.41) is 0. The minimum Gasteiger partial charge on any atom is -0.493 e. The summed E-state index contributed by atoms with van der Waals surface area (Å²) in [5.74, 6) is 0.644. The summed E-state index contributed by atoms with van der Waals surface area (Å²) in [6.07, 6.45) is 1.62. The van der Waals surface area contributed by atoms with Crippen LogP contribution < -0.4 is 9.47 Å². The second kappa shape index (κ2) is 8.38. The van der Waals surface area contributed by atoms with E-state index in [4.69, 9.17) is 9.47 Å². The molecule has 0 aliphatic carbocycles. The van der Waals surface area contributed by atoms with Crippen molar-refractivity contribution in [2.75, 3.05) is 21.3 Å². The van der Waals surface area contributed by atoms with Gasteiger partial charge in [-0.05, 0) is 0 Å². The zero-order chi connectivity index (χ0) is 13.3. The second-order valence-electron chi connectivity index (χ2n) is 2.75. The Balaban J connectivity index is 0.00000121. The van der Waals surface area contributed by atoms with Gasteiger partial charge in [0.25, 0.3) is 0 Å². The van der Waals surface area contributed by atoms with E-state index in [1.807, 2.05) is 13.8 Å². The first-order valence-corrected chi connectivity index (χ1v) is 5.35. The van der Waals surface area contributed by atoms with Crippen LogP contribution in [-0.2, 0) is 16.0 Å². The van der Waals surface area contributed by atoms with E-state index in [-0.39, 0.29) is 12.4 Å². The lowest BCUT2D eigenvalue weighted by Gasteiger charge is -2.10. The molecule has 5 heteroatoms. The maximum atomic E-state index is 11.1. The Morgan fingerprint density at radius 1 is 1.24 bits per heavy atom. The van der Waals surface area contributed by atoms with Gasteiger partial charge in [-0.15, -0.1) is 0 Å². The van der Waals surface area contributed by atoms with Crippen LogP contribution in [0.15, 0.2) is 12.3 Å². The van der Waals surface area contributed by atoms with Crippen LogP contribution >= 0.6 is 0 Å². The maximum Gasteiger partial charge on any atom is 0.311 e. The molecule has 0 N–H and O–H groups in total. The third kappa shape index (κ3) is 4.30. The lowest BCUT2D eigenvalue weighted by atomic mass is 10.2. The normalized spacial score (nSPS) is 8.76. The molecule has 0 saturated heterocycles. The number of nitrogens with zero attached hydrogens (tertiary/aromatic N) is 1. The van der Waals surface area contributed by atoms with Gasteiger partial charge in [-0.25, -0.2) is 0 Å². The first kappa shape index (κ1) is 15.2. The smallest absolute Gasteiger partial charge is 0.311 e. The highest BCUT2D eigenvalue weighted by Crippen LogP contribution is 2.29. The Kier molecular flexibility index (Phi) is 7.50. The number of methoxy groups -OCH3 is 3. The fourth-order valence-corrected chi connectivity index (χ4v) is 1.19. The molecule has 0 radical (unpaired) electrons. The number of hydrogen-bond acceptors (Lipinski definition) is 5. The van der Waals surface area contributed by atoms with E-state index in [9.17, 15) is 4.79 Å². The van der Waals surface area contributed by atoms with Gasteiger partial charge in [0.15, 0.2) is 11.5 Å². The molecule has 17 heavy (non-hydrogen) atoms. The minimum absolute atomic E-state index is 0.0663. The molecule has 1 aromatic heterocycles. The zero-order valence-corrected chi connectivity index (χ0v) is 10.9. The van der Waals surface area contributed by atoms with Gasteiger partial charge < -0.3 is 14.2 Å². The zero-order valence-electron chi connectivity index (χ0n) is 10.9. The molecule has 0 spiro atoms. The molecule has 0 atom stereocenters. The van der Waals surface area contributed by atoms with E-state index in [0.717, 1.165) is 0 Å². The number of carbonyl (C=O) groups is 1. The van der Waals surface area contributed by atoms with E-state index in [1.54, 1.807) is 12.3 Å². The predicted octanol–water partition coefficient (Wildman–Crippen LogP) is 1.84. The highest BCUT2D eigenvalue weighted by atomic mass is 16.5. The molecule has 0 bridgehead atoms. The average Bonchev–Trinajstić information content (AvgIpc) is 2.40. The van der Waals surface area contributed by atoms with Crippen LogP contribution in [0, 0.1) is 0 Å². The van der Waals surface area contributed by atoms with Crippen LogP contribution in [0.25, 0.3) is 0 Å². The SMILES string of the molecule is CC.COC(=O)Cc1nccc(OC)c1OC. The molecule has 0 unspecified atom stereocenters. The van der Waals surface area contributed by atoms with Crippen molar-refractivity contribution in [3.8, 4) is 11.5 Å². The molecular formula is C12H19NO4. The maximum absolute atomic E-state index is 11.1. The van der Waals surface area contributed by atoms with Gasteiger partial charge in [-0.1, -0.05) is 13.8 Å². The molecule has 0 amide bonds. The molecule has 0 aliphatic rings. The van der Waals surface area contributed by atoms with Gasteiger partial charge in [-0.2, -0.15) is 0 Å². The fourth-order valence-electron chi connectivity index (χ4n) is 1.19. The van der Waals surface area contributed by atoms with Gasteiger partial charge in [0.05, 0.1) is 33.4 Å². The van der Waals surface area contributed by atoms with Crippen LogP contribution in [0.1, 0.15) is 19.5 Å². The van der Waals surface area contributed by atoms with Crippen LogP contribution in [-0.4, -0.2) is 32.3 Å². The number of hydrogen-bond donors (Lipinski definition) is 0. The minimum atomic E-state index is -0.367. The van der Waals surface area contributed by atoms with Gasteiger partial charge in [0, 0.05) is 12.3 Å². The number of carbonyl (C=O) groups excluding carboxylic acids is 1. The lowest BCUT2D eigenvalue weighted by Crippen LogP contribution is -2.08. The third-order valence-corrected chi connectivity index (χ3v) is 1.91. The first-order chi connectivity index (χ1) is 8.22. The quantitative estimate of drug-likeness (QED) is 0.753. The number of esters is 1. The molecule has 1 rings (SSSR count). The topological polar surface area (TPSA) is 57.7 Å². The summed E-state index contributed by atoms with van der Waals surface area (Å²) >= 11 is 0. The molecule has 96 valence electrons. The van der Waals surface area contributed by atoms with Crippen molar-refractivity contribution in [1.29, 1.82) is 0 Å². The van der Waals surface area contributed by atoms with Gasteiger partial charge in [0.1, 0.15) is 0 Å². The van der Waals surface area contributed by atoms with Gasteiger partial charge >= 0.3 is 5.97 Å². The summed E-state index contributed by atoms with van der Waals surface area (Å²) in [6.45, 7) is 4.00. The molecule has 0 fully saturated rings. The van der Waals surface area contributed by atoms with Crippen molar-refractivity contribution in [3.05, 3.63) is 18.0 Å². The molecule has 1 aromatic rings. The highest BCUT2D eigenvalue weighted by molar-refractivity contribution is 5.73. The number of aromatic nitrogens is 1. The van der Waals surface area contributed by atoms with E-state index in [0.29, 0.717) is 17.2 Å². The molecular weight excluding hydrogens is 222 g/mol. The molecule has 0 aromatic carbocycles. The van der Waals surface area contributed by atoms with Crippen molar-refractivity contribution in [1.82, 2.24) is 4.98 Å². The number of rotatable bonds is 4. The summed E-state index contributed by atoms with van der Waals surface area (Å²) in [4.78, 5) is 15.1. The van der Waals surface area contributed by atoms with Crippen molar-refractivity contribution in [3.63, 3.8) is 0 Å².